The third-order valence-corrected chi connectivity index (χ3v) is 17.9. The van der Waals surface area contributed by atoms with Crippen LogP contribution in [0.4, 0.5) is 46.5 Å². The highest BCUT2D eigenvalue weighted by Crippen LogP contribution is 2.35. The number of ether oxygens (including phenoxy) is 1. The van der Waals surface area contributed by atoms with Gasteiger partial charge < -0.3 is 48.9 Å². The van der Waals surface area contributed by atoms with E-state index in [9.17, 15) is 36.7 Å². The number of hydrogen-bond acceptors (Lipinski definition) is 16. The van der Waals surface area contributed by atoms with Crippen LogP contribution in [0.3, 0.4) is 0 Å². The van der Waals surface area contributed by atoms with E-state index >= 15 is 0 Å². The fourth-order valence-corrected chi connectivity index (χ4v) is 12.2. The van der Waals surface area contributed by atoms with Crippen molar-refractivity contribution in [2.24, 2.45) is 5.92 Å². The van der Waals surface area contributed by atoms with Crippen LogP contribution < -0.4 is 48.9 Å². The van der Waals surface area contributed by atoms with E-state index in [1.54, 1.807) is 68.3 Å². The van der Waals surface area contributed by atoms with Crippen molar-refractivity contribution in [1.29, 1.82) is 0 Å². The summed E-state index contributed by atoms with van der Waals surface area (Å²) in [7, 11) is 1.60. The Labute approximate surface area is 641 Å². The summed E-state index contributed by atoms with van der Waals surface area (Å²) in [4.78, 5) is 79.9. The molecule has 15 rings (SSSR count). The first-order valence-electron chi connectivity index (χ1n) is 35.3. The van der Waals surface area contributed by atoms with Crippen molar-refractivity contribution in [3.05, 3.63) is 318 Å². The van der Waals surface area contributed by atoms with E-state index in [1.807, 2.05) is 143 Å². The molecule has 6 heterocycles. The number of halogens is 4. The zero-order valence-electron chi connectivity index (χ0n) is 61.4. The van der Waals surface area contributed by atoms with Crippen molar-refractivity contribution < 1.29 is 41.5 Å². The number of nitrogen functional groups attached to an aromatic ring is 4. The predicted molar refractivity (Wildman–Crippen MR) is 432 cm³/mol. The standard InChI is InChI=1S/C24H20FN3O2.C22H18FN5O.C22H17FN4O.C20H20FN3O/c1-30-19-7-2-4-15(10-19)13-28-24(29)22-14-27-23(26)21-12-17(8-9-20(21)22)16-5-3-6-18(25)11-16;1-13-9-26-17(10-25-13)11-28-22(29)20-12-27-21(24)19-8-15(5-6-18(19)20)14-3-2-4-16(23)7-14;1-13-7-17(11-25-10-13)27-22(28)20-12-26-21(24)19-9-15(5-6-18(19)20)14-3-2-4-16(23)8-14;1-12(2)10-24-20(25)18-11-23-19(22)17-9-14(6-7-16(17)18)13-4-3-5-15(21)8-13/h2-12,14H,13H2,1H3,(H2,26,27)(H,28,29);2-10,12H,11H2,1H3,(H2,24,27)(H,28,29);2-12H,1H3,(H2,24,26)(H,27,28);3-9,11-12H,10H2,1-2H3,(H2,22,23)(H,24,25). The molecule has 0 aliphatic carbocycles. The summed E-state index contributed by atoms with van der Waals surface area (Å²) in [5.74, 6) is 0.0788. The van der Waals surface area contributed by atoms with Crippen molar-refractivity contribution in [2.45, 2.75) is 40.8 Å². The summed E-state index contributed by atoms with van der Waals surface area (Å²) in [6.45, 7) is 9.00. The molecule has 0 saturated heterocycles. The van der Waals surface area contributed by atoms with Gasteiger partial charge in [-0.2, -0.15) is 0 Å². The second-order valence-corrected chi connectivity index (χ2v) is 26.5. The number of rotatable bonds is 16. The summed E-state index contributed by atoms with van der Waals surface area (Å²) < 4.78 is 59.4. The molecule has 560 valence electrons. The van der Waals surface area contributed by atoms with Gasteiger partial charge in [-0.1, -0.05) is 123 Å². The lowest BCUT2D eigenvalue weighted by atomic mass is 9.99. The SMILES string of the molecule is CC(C)CNC(=O)c1cnc(N)c2cc(-c3cccc(F)c3)ccc12.COc1cccc(CNC(=O)c2cnc(N)c3cc(-c4cccc(F)c4)ccc23)c1.Cc1cnc(CNC(=O)c2cnc(N)c3cc(-c4cccc(F)c4)ccc23)cn1.Cc1cncc(NC(=O)c2cnc(N)c3cc(-c4cccc(F)c4)ccc23)c1. The Bertz CT molecular complexity index is 6050. The molecule has 0 aliphatic heterocycles. The lowest BCUT2D eigenvalue weighted by Gasteiger charge is -2.12. The molecule has 9 aromatic carbocycles. The number of hydrogen-bond donors (Lipinski definition) is 8. The third kappa shape index (κ3) is 18.9. The topological polar surface area (TPSA) is 320 Å². The number of carbonyl (C=O) groups excluding carboxylic acids is 4. The Balaban J connectivity index is 0.000000139. The molecule has 0 saturated carbocycles. The van der Waals surface area contributed by atoms with Crippen LogP contribution in [0.5, 0.6) is 5.75 Å². The van der Waals surface area contributed by atoms with E-state index in [-0.39, 0.29) is 53.4 Å². The van der Waals surface area contributed by atoms with Gasteiger partial charge in [0.15, 0.2) is 0 Å². The highest BCUT2D eigenvalue weighted by molar-refractivity contribution is 6.15. The van der Waals surface area contributed by atoms with E-state index in [2.05, 4.69) is 56.2 Å². The van der Waals surface area contributed by atoms with E-state index in [1.165, 1.54) is 73.3 Å². The molecular weight excluding hydrogens is 1420 g/mol. The number of fused-ring (bicyclic) bond motifs is 4. The minimum Gasteiger partial charge on any atom is -0.497 e. The number of benzene rings is 9. The van der Waals surface area contributed by atoms with Gasteiger partial charge in [-0.15, -0.1) is 0 Å². The normalized spacial score (nSPS) is 10.8. The molecule has 0 aliphatic rings. The Kier molecular flexibility index (Phi) is 24.1. The molecule has 6 aromatic heterocycles. The van der Waals surface area contributed by atoms with Crippen molar-refractivity contribution in [2.75, 3.05) is 41.9 Å². The maximum Gasteiger partial charge on any atom is 0.257 e. The average Bonchev–Trinajstić information content (AvgIpc) is 0.798. The van der Waals surface area contributed by atoms with E-state index in [4.69, 9.17) is 27.7 Å². The second kappa shape index (κ2) is 35.0. The zero-order chi connectivity index (χ0) is 79.1. The highest BCUT2D eigenvalue weighted by atomic mass is 19.1. The minimum atomic E-state index is -0.318. The van der Waals surface area contributed by atoms with E-state index in [0.717, 1.165) is 72.5 Å². The molecule has 0 radical (unpaired) electrons. The molecular formula is C88H75F4N15O5. The van der Waals surface area contributed by atoms with Gasteiger partial charge in [0.05, 0.1) is 65.4 Å². The number of methoxy groups -OCH3 is 1. The molecule has 12 N–H and O–H groups in total. The van der Waals surface area contributed by atoms with Gasteiger partial charge in [-0.25, -0.2) is 37.5 Å². The van der Waals surface area contributed by atoms with Crippen LogP contribution in [0.2, 0.25) is 0 Å². The predicted octanol–water partition coefficient (Wildman–Crippen LogP) is 16.8. The number of nitrogens with two attached hydrogens (primary N) is 4. The molecule has 24 heteroatoms. The maximum atomic E-state index is 13.6. The Morgan fingerprint density at radius 2 is 0.750 bits per heavy atom. The van der Waals surface area contributed by atoms with Crippen LogP contribution in [-0.4, -0.2) is 72.2 Å². The lowest BCUT2D eigenvalue weighted by molar-refractivity contribution is 0.0943. The summed E-state index contributed by atoms with van der Waals surface area (Å²) in [6.07, 6.45) is 12.4. The Morgan fingerprint density at radius 1 is 0.375 bits per heavy atom. The molecule has 112 heavy (non-hydrogen) atoms. The summed E-state index contributed by atoms with van der Waals surface area (Å²) in [5.41, 5.74) is 35.9. The number of carbonyl (C=O) groups is 4. The molecule has 4 amide bonds. The van der Waals surface area contributed by atoms with E-state index in [0.29, 0.717) is 114 Å². The fourth-order valence-electron chi connectivity index (χ4n) is 12.2. The quantitative estimate of drug-likeness (QED) is 0.0417. The van der Waals surface area contributed by atoms with Crippen LogP contribution in [0.1, 0.15) is 77.8 Å². The number of pyridine rings is 5. The third-order valence-electron chi connectivity index (χ3n) is 17.9. The molecule has 15 aromatic rings. The van der Waals surface area contributed by atoms with Gasteiger partial charge in [0.1, 0.15) is 52.3 Å². The first kappa shape index (κ1) is 77.1. The largest absolute Gasteiger partial charge is 0.497 e. The summed E-state index contributed by atoms with van der Waals surface area (Å²) >= 11 is 0. The average molecular weight is 1500 g/mol. The molecule has 20 nitrogen and oxygen atoms in total. The molecule has 0 bridgehead atoms. The van der Waals surface area contributed by atoms with Crippen LogP contribution >= 0.6 is 0 Å². The smallest absolute Gasteiger partial charge is 0.257 e. The summed E-state index contributed by atoms with van der Waals surface area (Å²) in [6, 6.07) is 56.5. The first-order chi connectivity index (χ1) is 54.0. The number of nitrogens with zero attached hydrogens (tertiary/aromatic N) is 7. The van der Waals surface area contributed by atoms with E-state index < -0.39 is 0 Å². The van der Waals surface area contributed by atoms with Gasteiger partial charge in [0.25, 0.3) is 23.6 Å². The van der Waals surface area contributed by atoms with Gasteiger partial charge in [0.2, 0.25) is 0 Å². The number of amides is 4. The second-order valence-electron chi connectivity index (χ2n) is 26.5. The number of aryl methyl sites for hydroxylation is 2. The van der Waals surface area contributed by atoms with Crippen LogP contribution in [-0.2, 0) is 13.1 Å². The van der Waals surface area contributed by atoms with Gasteiger partial charge in [-0.3, -0.25) is 34.1 Å². The van der Waals surface area contributed by atoms with Crippen LogP contribution in [0.25, 0.3) is 87.6 Å². The molecule has 0 spiro atoms. The van der Waals surface area contributed by atoms with Crippen molar-refractivity contribution >= 4 is 95.7 Å². The molecule has 0 fully saturated rings. The fraction of sp³-hybridized carbons (Fsp3) is 0.102. The lowest BCUT2D eigenvalue weighted by Crippen LogP contribution is -2.27. The Hall–Kier alpha value is -14.6. The number of aromatic nitrogens is 7. The molecule has 0 unspecified atom stereocenters. The molecule has 0 atom stereocenters. The summed E-state index contributed by atoms with van der Waals surface area (Å²) in [5, 5.41) is 16.8. The first-order valence-corrected chi connectivity index (χ1v) is 35.3. The van der Waals surface area contributed by atoms with Gasteiger partial charge in [0, 0.05) is 71.8 Å². The zero-order valence-corrected chi connectivity index (χ0v) is 61.4. The highest BCUT2D eigenvalue weighted by Gasteiger charge is 2.20. The monoisotopic (exact) mass is 1500 g/mol. The van der Waals surface area contributed by atoms with Gasteiger partial charge in [-0.05, 0) is 188 Å². The van der Waals surface area contributed by atoms with Crippen molar-refractivity contribution in [3.63, 3.8) is 0 Å². The number of nitrogens with one attached hydrogen (secondary N) is 4. The maximum absolute atomic E-state index is 13.6. The van der Waals surface area contributed by atoms with Crippen LogP contribution in [0.15, 0.2) is 250 Å². The minimum absolute atomic E-state index is 0.176. The van der Waals surface area contributed by atoms with Crippen molar-refractivity contribution in [1.82, 2.24) is 50.8 Å². The number of anilines is 5. The Morgan fingerprint density at radius 3 is 1.12 bits per heavy atom. The van der Waals surface area contributed by atoms with Crippen molar-refractivity contribution in [3.8, 4) is 50.3 Å². The van der Waals surface area contributed by atoms with Gasteiger partial charge >= 0.3 is 0 Å². The van der Waals surface area contributed by atoms with Crippen LogP contribution in [0, 0.1) is 43.0 Å².